The fourth-order valence-corrected chi connectivity index (χ4v) is 0.500. The summed E-state index contributed by atoms with van der Waals surface area (Å²) in [4.78, 5) is 4.03. The molecule has 0 saturated heterocycles. The predicted octanol–water partition coefficient (Wildman–Crippen LogP) is 1.95. The number of hydrogen-bond donors (Lipinski definition) is 0. The molecule has 0 heterocycles. The second-order valence-electron chi connectivity index (χ2n) is 1.28. The molecular weight excluding hydrogens is 118 g/mol. The second kappa shape index (κ2) is 6.76. The van der Waals surface area contributed by atoms with E-state index in [4.69, 9.17) is 0 Å². The van der Waals surface area contributed by atoms with Crippen LogP contribution in [0.15, 0.2) is 17.1 Å². The minimum Gasteiger partial charge on any atom is -0.282 e. The van der Waals surface area contributed by atoms with Crippen LogP contribution in [0.1, 0.15) is 6.92 Å². The summed E-state index contributed by atoms with van der Waals surface area (Å²) in [6, 6.07) is 0. The standard InChI is InChI=1S/C6H11NS/c1-3-4-5-7-6-8-2/h3-5H,6H2,1-2H3/b4-3-,7-5-. The fraction of sp³-hybridized carbons (Fsp3) is 0.500. The summed E-state index contributed by atoms with van der Waals surface area (Å²) >= 11 is 1.72. The zero-order valence-electron chi connectivity index (χ0n) is 5.29. The molecule has 0 unspecified atom stereocenters. The highest BCUT2D eigenvalue weighted by molar-refractivity contribution is 7.98. The number of aliphatic imine (C=N–C) groups is 1. The van der Waals surface area contributed by atoms with Crippen LogP contribution in [0.3, 0.4) is 0 Å². The van der Waals surface area contributed by atoms with Gasteiger partial charge in [-0.25, -0.2) is 0 Å². The Bertz CT molecular complexity index is 86.5. The number of nitrogens with zero attached hydrogens (tertiary/aromatic N) is 1. The third-order valence-corrected chi connectivity index (χ3v) is 0.995. The summed E-state index contributed by atoms with van der Waals surface area (Å²) in [5.41, 5.74) is 0. The minimum atomic E-state index is 0.865. The molecule has 0 saturated carbocycles. The van der Waals surface area contributed by atoms with E-state index in [1.807, 2.05) is 31.5 Å². The highest BCUT2D eigenvalue weighted by Crippen LogP contribution is 1.88. The van der Waals surface area contributed by atoms with Crippen LogP contribution in [-0.4, -0.2) is 18.3 Å². The van der Waals surface area contributed by atoms with Gasteiger partial charge in [0.15, 0.2) is 0 Å². The second-order valence-corrected chi connectivity index (χ2v) is 2.11. The van der Waals surface area contributed by atoms with Gasteiger partial charge in [0.1, 0.15) is 0 Å². The number of rotatable bonds is 3. The maximum absolute atomic E-state index is 4.03. The van der Waals surface area contributed by atoms with Gasteiger partial charge in [-0.2, -0.15) is 0 Å². The molecule has 0 aliphatic rings. The van der Waals surface area contributed by atoms with E-state index in [0.29, 0.717) is 0 Å². The van der Waals surface area contributed by atoms with Crippen molar-refractivity contribution in [2.24, 2.45) is 4.99 Å². The van der Waals surface area contributed by atoms with Crippen LogP contribution in [0.5, 0.6) is 0 Å². The Labute approximate surface area is 54.9 Å². The van der Waals surface area contributed by atoms with Crippen LogP contribution < -0.4 is 0 Å². The van der Waals surface area contributed by atoms with Gasteiger partial charge in [-0.15, -0.1) is 11.8 Å². The van der Waals surface area contributed by atoms with Gasteiger partial charge in [-0.05, 0) is 19.3 Å². The monoisotopic (exact) mass is 129 g/mol. The highest BCUT2D eigenvalue weighted by atomic mass is 32.2. The van der Waals surface area contributed by atoms with Crippen molar-refractivity contribution < 1.29 is 0 Å². The van der Waals surface area contributed by atoms with Crippen molar-refractivity contribution in [3.05, 3.63) is 12.2 Å². The molecule has 0 N–H and O–H groups in total. The Morgan fingerprint density at radius 2 is 2.38 bits per heavy atom. The topological polar surface area (TPSA) is 12.4 Å². The van der Waals surface area contributed by atoms with Crippen LogP contribution in [-0.2, 0) is 0 Å². The van der Waals surface area contributed by atoms with Gasteiger partial charge in [0.25, 0.3) is 0 Å². The number of allylic oxidation sites excluding steroid dienone is 2. The van der Waals surface area contributed by atoms with Gasteiger partial charge >= 0.3 is 0 Å². The lowest BCUT2D eigenvalue weighted by molar-refractivity contribution is 1.40. The van der Waals surface area contributed by atoms with Gasteiger partial charge in [-0.1, -0.05) is 6.08 Å². The van der Waals surface area contributed by atoms with E-state index in [0.717, 1.165) is 5.88 Å². The lowest BCUT2D eigenvalue weighted by Crippen LogP contribution is -1.68. The van der Waals surface area contributed by atoms with E-state index < -0.39 is 0 Å². The molecule has 2 heteroatoms. The van der Waals surface area contributed by atoms with Crippen molar-refractivity contribution in [1.82, 2.24) is 0 Å². The van der Waals surface area contributed by atoms with Gasteiger partial charge in [0.2, 0.25) is 0 Å². The molecule has 0 aromatic heterocycles. The predicted molar refractivity (Wildman–Crippen MR) is 41.7 cm³/mol. The molecule has 0 aromatic rings. The van der Waals surface area contributed by atoms with Crippen LogP contribution in [0, 0.1) is 0 Å². The summed E-state index contributed by atoms with van der Waals surface area (Å²) in [6.45, 7) is 1.98. The fourth-order valence-electron chi connectivity index (χ4n) is 0.264. The maximum atomic E-state index is 4.03. The molecular formula is C6H11NS. The van der Waals surface area contributed by atoms with Crippen molar-refractivity contribution >= 4 is 18.0 Å². The molecule has 0 amide bonds. The number of thioether (sulfide) groups is 1. The largest absolute Gasteiger partial charge is 0.282 e. The van der Waals surface area contributed by atoms with Crippen molar-refractivity contribution in [2.75, 3.05) is 12.1 Å². The lowest BCUT2D eigenvalue weighted by atomic mass is 10.6. The van der Waals surface area contributed by atoms with Crippen LogP contribution in [0.25, 0.3) is 0 Å². The van der Waals surface area contributed by atoms with E-state index in [1.165, 1.54) is 0 Å². The van der Waals surface area contributed by atoms with Gasteiger partial charge in [0, 0.05) is 6.21 Å². The Kier molecular flexibility index (Phi) is 6.56. The van der Waals surface area contributed by atoms with Crippen molar-refractivity contribution in [3.63, 3.8) is 0 Å². The third-order valence-electron chi connectivity index (χ3n) is 0.588. The third kappa shape index (κ3) is 5.76. The van der Waals surface area contributed by atoms with E-state index in [9.17, 15) is 0 Å². The zero-order chi connectivity index (χ0) is 6.24. The summed E-state index contributed by atoms with van der Waals surface area (Å²) in [6.07, 6.45) is 7.74. The SMILES string of the molecule is C/C=C\C=N/CSC. The average Bonchev–Trinajstić information content (AvgIpc) is 1.81. The van der Waals surface area contributed by atoms with Crippen molar-refractivity contribution in [1.29, 1.82) is 0 Å². The Hall–Kier alpha value is -0.240. The smallest absolute Gasteiger partial charge is 0.0841 e. The van der Waals surface area contributed by atoms with E-state index in [2.05, 4.69) is 4.99 Å². The summed E-state index contributed by atoms with van der Waals surface area (Å²) in [7, 11) is 0. The molecule has 0 atom stereocenters. The quantitative estimate of drug-likeness (QED) is 0.530. The number of hydrogen-bond acceptors (Lipinski definition) is 2. The summed E-state index contributed by atoms with van der Waals surface area (Å²) < 4.78 is 0. The minimum absolute atomic E-state index is 0.865. The molecule has 0 aromatic carbocycles. The molecule has 0 radical (unpaired) electrons. The van der Waals surface area contributed by atoms with Gasteiger partial charge in [0.05, 0.1) is 5.88 Å². The van der Waals surface area contributed by atoms with Crippen molar-refractivity contribution in [3.8, 4) is 0 Å². The summed E-state index contributed by atoms with van der Waals surface area (Å²) in [5.74, 6) is 0.865. The van der Waals surface area contributed by atoms with E-state index in [-0.39, 0.29) is 0 Å². The molecule has 0 rings (SSSR count). The Morgan fingerprint density at radius 3 is 2.88 bits per heavy atom. The van der Waals surface area contributed by atoms with Crippen molar-refractivity contribution in [2.45, 2.75) is 6.92 Å². The normalized spacial score (nSPS) is 11.8. The first kappa shape index (κ1) is 7.76. The first-order chi connectivity index (χ1) is 3.91. The Balaban J connectivity index is 3.07. The van der Waals surface area contributed by atoms with Gasteiger partial charge < -0.3 is 0 Å². The molecule has 0 aliphatic carbocycles. The molecule has 0 aliphatic heterocycles. The molecule has 8 heavy (non-hydrogen) atoms. The molecule has 0 bridgehead atoms. The first-order valence-corrected chi connectivity index (χ1v) is 3.91. The molecule has 1 nitrogen and oxygen atoms in total. The van der Waals surface area contributed by atoms with Crippen LogP contribution >= 0.6 is 11.8 Å². The zero-order valence-corrected chi connectivity index (χ0v) is 6.11. The molecule has 0 spiro atoms. The van der Waals surface area contributed by atoms with E-state index >= 15 is 0 Å². The maximum Gasteiger partial charge on any atom is 0.0841 e. The van der Waals surface area contributed by atoms with E-state index in [1.54, 1.807) is 11.8 Å². The summed E-state index contributed by atoms with van der Waals surface area (Å²) in [5, 5.41) is 0. The average molecular weight is 129 g/mol. The van der Waals surface area contributed by atoms with Gasteiger partial charge in [-0.3, -0.25) is 4.99 Å². The molecule has 0 fully saturated rings. The van der Waals surface area contributed by atoms with Crippen LogP contribution in [0.4, 0.5) is 0 Å². The Morgan fingerprint density at radius 1 is 1.62 bits per heavy atom. The lowest BCUT2D eigenvalue weighted by Gasteiger charge is -1.79. The van der Waals surface area contributed by atoms with Crippen LogP contribution in [0.2, 0.25) is 0 Å². The highest BCUT2D eigenvalue weighted by Gasteiger charge is 1.66. The molecule has 46 valence electrons. The first-order valence-electron chi connectivity index (χ1n) is 2.52.